The smallest absolute Gasteiger partial charge is 0.0999 e. The first kappa shape index (κ1) is 11.8. The number of thiazole rings is 1. The van der Waals surface area contributed by atoms with Crippen molar-refractivity contribution in [3.63, 3.8) is 0 Å². The van der Waals surface area contributed by atoms with Gasteiger partial charge in [-0.2, -0.15) is 5.26 Å². The summed E-state index contributed by atoms with van der Waals surface area (Å²) in [7, 11) is 0. The van der Waals surface area contributed by atoms with Crippen molar-refractivity contribution in [3.8, 4) is 6.07 Å². The van der Waals surface area contributed by atoms with Crippen LogP contribution >= 0.6 is 11.3 Å². The Morgan fingerprint density at radius 3 is 3.07 bits per heavy atom. The summed E-state index contributed by atoms with van der Waals surface area (Å²) in [5, 5.41) is 8.83. The SMILES string of the molecule is CCc1c(C#N)cnc2n[c-]sc12.[La]. The van der Waals surface area contributed by atoms with E-state index >= 15 is 0 Å². The molecule has 0 atom stereocenters. The molecule has 0 amide bonds. The van der Waals surface area contributed by atoms with Gasteiger partial charge in [0.1, 0.15) is 0 Å². The van der Waals surface area contributed by atoms with Gasteiger partial charge in [0, 0.05) is 47.4 Å². The number of fused-ring (bicyclic) bond motifs is 1. The summed E-state index contributed by atoms with van der Waals surface area (Å²) >= 11 is 1.42. The third-order valence-electron chi connectivity index (χ3n) is 1.89. The average molecular weight is 327 g/mol. The van der Waals surface area contributed by atoms with E-state index in [1.807, 2.05) is 6.92 Å². The zero-order valence-electron chi connectivity index (χ0n) is 7.61. The molecule has 0 saturated heterocycles. The summed E-state index contributed by atoms with van der Waals surface area (Å²) in [4.78, 5) is 8.04. The standard InChI is InChI=1S/C9H6N3S.La/c1-2-7-6(3-10)4-11-9-8(7)13-5-12-9;/h4H,2H2,1H3;/q-1;. The molecule has 0 bridgehead atoms. The summed E-state index contributed by atoms with van der Waals surface area (Å²) < 4.78 is 0.988. The topological polar surface area (TPSA) is 49.6 Å². The van der Waals surface area contributed by atoms with Crippen molar-refractivity contribution in [1.82, 2.24) is 9.97 Å². The summed E-state index contributed by atoms with van der Waals surface area (Å²) in [5.74, 6) is 0. The van der Waals surface area contributed by atoms with Crippen molar-refractivity contribution >= 4 is 21.7 Å². The van der Waals surface area contributed by atoms with Gasteiger partial charge < -0.3 is 9.97 Å². The second kappa shape index (κ2) is 4.99. The summed E-state index contributed by atoms with van der Waals surface area (Å²) in [6, 6.07) is 2.13. The molecule has 0 saturated carbocycles. The zero-order chi connectivity index (χ0) is 9.26. The van der Waals surface area contributed by atoms with Crippen molar-refractivity contribution < 1.29 is 35.6 Å². The van der Waals surface area contributed by atoms with Gasteiger partial charge in [0.15, 0.2) is 0 Å². The van der Waals surface area contributed by atoms with Gasteiger partial charge >= 0.3 is 0 Å². The van der Waals surface area contributed by atoms with Crippen LogP contribution < -0.4 is 0 Å². The van der Waals surface area contributed by atoms with E-state index in [-0.39, 0.29) is 35.6 Å². The molecule has 2 heterocycles. The molecular weight excluding hydrogens is 321 g/mol. The number of rotatable bonds is 1. The molecule has 1 radical (unpaired) electrons. The zero-order valence-corrected chi connectivity index (χ0v) is 12.1. The summed E-state index contributed by atoms with van der Waals surface area (Å²) in [5.41, 5.74) is 5.16. The number of hydrogen-bond donors (Lipinski definition) is 0. The number of nitriles is 1. The minimum atomic E-state index is 0. The number of aromatic nitrogens is 2. The van der Waals surface area contributed by atoms with E-state index in [1.54, 1.807) is 6.20 Å². The van der Waals surface area contributed by atoms with Crippen LogP contribution in [0.2, 0.25) is 0 Å². The Morgan fingerprint density at radius 2 is 2.43 bits per heavy atom. The van der Waals surface area contributed by atoms with E-state index in [4.69, 9.17) is 5.26 Å². The van der Waals surface area contributed by atoms with E-state index in [1.165, 1.54) is 11.3 Å². The van der Waals surface area contributed by atoms with Crippen LogP contribution in [-0.4, -0.2) is 9.97 Å². The maximum atomic E-state index is 8.83. The van der Waals surface area contributed by atoms with E-state index in [2.05, 4.69) is 21.5 Å². The summed E-state index contributed by atoms with van der Waals surface area (Å²) in [6.07, 6.45) is 2.41. The number of aryl methyl sites for hydroxylation is 1. The maximum Gasteiger partial charge on any atom is 0.0999 e. The van der Waals surface area contributed by atoms with Gasteiger partial charge in [-0.3, -0.25) is 11.3 Å². The van der Waals surface area contributed by atoms with Crippen molar-refractivity contribution in [2.75, 3.05) is 0 Å². The van der Waals surface area contributed by atoms with Gasteiger partial charge in [-0.05, 0) is 11.9 Å². The first-order valence-corrected chi connectivity index (χ1v) is 4.73. The molecule has 0 spiro atoms. The van der Waals surface area contributed by atoms with Gasteiger partial charge in [-0.1, -0.05) is 17.2 Å². The fourth-order valence-corrected chi connectivity index (χ4v) is 2.06. The quantitative estimate of drug-likeness (QED) is 0.752. The van der Waals surface area contributed by atoms with Gasteiger partial charge in [0.25, 0.3) is 0 Å². The van der Waals surface area contributed by atoms with E-state index in [0.29, 0.717) is 11.2 Å². The molecular formula is C9H6LaN3S-. The average Bonchev–Trinajstić information content (AvgIpc) is 2.63. The van der Waals surface area contributed by atoms with Crippen LogP contribution in [0.25, 0.3) is 10.3 Å². The van der Waals surface area contributed by atoms with E-state index in [9.17, 15) is 0 Å². The van der Waals surface area contributed by atoms with Gasteiger partial charge in [-0.25, -0.2) is 0 Å². The molecule has 0 N–H and O–H groups in total. The molecule has 2 aromatic rings. The van der Waals surface area contributed by atoms with Crippen LogP contribution in [0.15, 0.2) is 6.20 Å². The van der Waals surface area contributed by atoms with E-state index in [0.717, 1.165) is 16.7 Å². The second-order valence-corrected chi connectivity index (χ2v) is 3.37. The predicted octanol–water partition coefficient (Wildman–Crippen LogP) is 1.93. The molecule has 0 aliphatic carbocycles. The summed E-state index contributed by atoms with van der Waals surface area (Å²) in [6.45, 7) is 2.02. The fourth-order valence-electron chi connectivity index (χ4n) is 1.27. The number of nitrogens with zero attached hydrogens (tertiary/aromatic N) is 3. The predicted molar refractivity (Wildman–Crippen MR) is 50.3 cm³/mol. The molecule has 5 heteroatoms. The van der Waals surface area contributed by atoms with Gasteiger partial charge in [-0.15, -0.1) is 0 Å². The molecule has 0 fully saturated rings. The molecule has 0 unspecified atom stereocenters. The first-order chi connectivity index (χ1) is 6.36. The molecule has 3 nitrogen and oxygen atoms in total. The second-order valence-electron chi connectivity index (χ2n) is 2.57. The first-order valence-electron chi connectivity index (χ1n) is 3.91. The number of hydrogen-bond acceptors (Lipinski definition) is 4. The molecule has 2 aromatic heterocycles. The third-order valence-corrected chi connectivity index (χ3v) is 2.71. The van der Waals surface area contributed by atoms with Crippen LogP contribution in [-0.2, 0) is 6.42 Å². The van der Waals surface area contributed by atoms with Crippen LogP contribution in [0.1, 0.15) is 18.1 Å². The monoisotopic (exact) mass is 327 g/mol. The van der Waals surface area contributed by atoms with Crippen molar-refractivity contribution in [2.45, 2.75) is 13.3 Å². The largest absolute Gasteiger partial charge is 0.367 e. The van der Waals surface area contributed by atoms with Crippen LogP contribution in [0.4, 0.5) is 0 Å². The Balaban J connectivity index is 0.000000980. The van der Waals surface area contributed by atoms with E-state index < -0.39 is 0 Å². The molecule has 0 aliphatic heterocycles. The Labute approximate surface area is 114 Å². The van der Waals surface area contributed by atoms with Crippen molar-refractivity contribution in [3.05, 3.63) is 22.8 Å². The minimum absolute atomic E-state index is 0. The van der Waals surface area contributed by atoms with Gasteiger partial charge in [0.05, 0.1) is 11.6 Å². The Kier molecular flexibility index (Phi) is 4.20. The molecule has 0 aliphatic rings. The Morgan fingerprint density at radius 1 is 1.64 bits per heavy atom. The molecule has 2 rings (SSSR count). The Bertz CT molecular complexity index is 486. The fraction of sp³-hybridized carbons (Fsp3) is 0.222. The molecule has 67 valence electrons. The normalized spacial score (nSPS) is 9.43. The minimum Gasteiger partial charge on any atom is -0.367 e. The molecule has 0 aromatic carbocycles. The number of pyridine rings is 1. The van der Waals surface area contributed by atoms with Crippen LogP contribution in [0.5, 0.6) is 0 Å². The van der Waals surface area contributed by atoms with Crippen LogP contribution in [0, 0.1) is 52.4 Å². The molecule has 14 heavy (non-hydrogen) atoms. The van der Waals surface area contributed by atoms with Gasteiger partial charge in [0.2, 0.25) is 0 Å². The Hall–Kier alpha value is -0.275. The van der Waals surface area contributed by atoms with Crippen molar-refractivity contribution in [2.24, 2.45) is 0 Å². The van der Waals surface area contributed by atoms with Crippen molar-refractivity contribution in [1.29, 1.82) is 5.26 Å². The third kappa shape index (κ3) is 1.89. The van der Waals surface area contributed by atoms with Crippen LogP contribution in [0.3, 0.4) is 0 Å². The maximum absolute atomic E-state index is 8.83.